The van der Waals surface area contributed by atoms with E-state index < -0.39 is 0 Å². The fraction of sp³-hybridized carbons (Fsp3) is 0.417. The van der Waals surface area contributed by atoms with Gasteiger partial charge in [-0.1, -0.05) is 6.07 Å². The van der Waals surface area contributed by atoms with Crippen molar-refractivity contribution in [3.8, 4) is 5.75 Å². The van der Waals surface area contributed by atoms with Crippen molar-refractivity contribution < 1.29 is 9.53 Å². The molecule has 1 fully saturated rings. The first-order valence-corrected chi connectivity index (χ1v) is 5.70. The first kappa shape index (κ1) is 11.9. The topological polar surface area (TPSA) is 53.6 Å². The van der Waals surface area contributed by atoms with Gasteiger partial charge in [0.05, 0.1) is 7.11 Å². The van der Waals surface area contributed by atoms with Crippen molar-refractivity contribution in [2.24, 2.45) is 0 Å². The Labute approximate surface area is 101 Å². The highest BCUT2D eigenvalue weighted by molar-refractivity contribution is 5.94. The molecule has 1 aliphatic rings. The number of hydrogen-bond donors (Lipinski definition) is 2. The largest absolute Gasteiger partial charge is 0.497 e. The van der Waals surface area contributed by atoms with Crippen LogP contribution in [0.25, 0.3) is 0 Å². The summed E-state index contributed by atoms with van der Waals surface area (Å²) in [6, 6.07) is 7.14. The first-order chi connectivity index (χ1) is 8.29. The Hall–Kier alpha value is -1.59. The third-order valence-corrected chi connectivity index (χ3v) is 2.71. The van der Waals surface area contributed by atoms with Gasteiger partial charge in [0.1, 0.15) is 5.75 Å². The molecule has 2 rings (SSSR count). The van der Waals surface area contributed by atoms with E-state index in [4.69, 9.17) is 4.74 Å². The quantitative estimate of drug-likeness (QED) is 0.788. The van der Waals surface area contributed by atoms with Crippen LogP contribution in [0, 0.1) is 0 Å². The van der Waals surface area contributed by atoms with E-state index in [1.165, 1.54) is 0 Å². The lowest BCUT2D eigenvalue weighted by molar-refractivity contribution is 0.0764. The third kappa shape index (κ3) is 3.18. The Morgan fingerprint density at radius 3 is 2.88 bits per heavy atom. The van der Waals surface area contributed by atoms with Gasteiger partial charge in [0.2, 0.25) is 0 Å². The monoisotopic (exact) mass is 235 g/mol. The van der Waals surface area contributed by atoms with E-state index >= 15 is 0 Å². The summed E-state index contributed by atoms with van der Waals surface area (Å²) >= 11 is 0. The number of benzene rings is 1. The second-order valence-corrected chi connectivity index (χ2v) is 3.91. The van der Waals surface area contributed by atoms with E-state index in [2.05, 4.69) is 10.7 Å². The lowest BCUT2D eigenvalue weighted by Gasteiger charge is -2.27. The Morgan fingerprint density at radius 1 is 1.41 bits per heavy atom. The Balaban J connectivity index is 1.98. The molecular weight excluding hydrogens is 218 g/mol. The lowest BCUT2D eigenvalue weighted by Crippen LogP contribution is -2.52. The molecular formula is C12H17N3O2. The molecule has 1 aromatic rings. The molecule has 0 atom stereocenters. The third-order valence-electron chi connectivity index (χ3n) is 2.71. The van der Waals surface area contributed by atoms with Crippen LogP contribution in [0.15, 0.2) is 24.3 Å². The SMILES string of the molecule is COc1cccc(C(=O)NN2CCNCC2)c1. The second kappa shape index (κ2) is 5.65. The molecule has 1 aromatic carbocycles. The molecule has 0 radical (unpaired) electrons. The molecule has 0 aliphatic carbocycles. The zero-order valence-corrected chi connectivity index (χ0v) is 9.90. The Bertz CT molecular complexity index is 389. The molecule has 1 amide bonds. The minimum atomic E-state index is -0.0919. The number of ether oxygens (including phenoxy) is 1. The average molecular weight is 235 g/mol. The molecule has 1 aliphatic heterocycles. The average Bonchev–Trinajstić information content (AvgIpc) is 2.40. The van der Waals surface area contributed by atoms with Crippen LogP contribution >= 0.6 is 0 Å². The normalized spacial score (nSPS) is 16.5. The van der Waals surface area contributed by atoms with Crippen molar-refractivity contribution in [1.82, 2.24) is 15.8 Å². The van der Waals surface area contributed by atoms with Crippen molar-refractivity contribution in [3.05, 3.63) is 29.8 Å². The van der Waals surface area contributed by atoms with Gasteiger partial charge in [-0.2, -0.15) is 0 Å². The summed E-state index contributed by atoms with van der Waals surface area (Å²) in [6.07, 6.45) is 0. The number of amides is 1. The summed E-state index contributed by atoms with van der Waals surface area (Å²) in [5.41, 5.74) is 3.50. The number of rotatable bonds is 3. The summed E-state index contributed by atoms with van der Waals surface area (Å²) in [7, 11) is 1.59. The van der Waals surface area contributed by atoms with Gasteiger partial charge >= 0.3 is 0 Å². The van der Waals surface area contributed by atoms with Crippen molar-refractivity contribution in [1.29, 1.82) is 0 Å². The van der Waals surface area contributed by atoms with Crippen LogP contribution in [0.1, 0.15) is 10.4 Å². The zero-order chi connectivity index (χ0) is 12.1. The van der Waals surface area contributed by atoms with E-state index in [0.29, 0.717) is 11.3 Å². The molecule has 0 bridgehead atoms. The van der Waals surface area contributed by atoms with Gasteiger partial charge in [0.25, 0.3) is 5.91 Å². The second-order valence-electron chi connectivity index (χ2n) is 3.91. The maximum Gasteiger partial charge on any atom is 0.265 e. The van der Waals surface area contributed by atoms with E-state index in [-0.39, 0.29) is 5.91 Å². The van der Waals surface area contributed by atoms with E-state index in [1.54, 1.807) is 19.2 Å². The van der Waals surface area contributed by atoms with Crippen molar-refractivity contribution in [3.63, 3.8) is 0 Å². The molecule has 5 heteroatoms. The van der Waals surface area contributed by atoms with E-state index in [0.717, 1.165) is 26.2 Å². The molecule has 92 valence electrons. The van der Waals surface area contributed by atoms with Crippen molar-refractivity contribution in [2.75, 3.05) is 33.3 Å². The molecule has 0 spiro atoms. The predicted octanol–water partition coefficient (Wildman–Crippen LogP) is 0.245. The summed E-state index contributed by atoms with van der Waals surface area (Å²) < 4.78 is 5.09. The fourth-order valence-corrected chi connectivity index (χ4v) is 1.75. The van der Waals surface area contributed by atoms with Crippen molar-refractivity contribution in [2.45, 2.75) is 0 Å². The highest BCUT2D eigenvalue weighted by Crippen LogP contribution is 2.12. The number of carbonyl (C=O) groups excluding carboxylic acids is 1. The van der Waals surface area contributed by atoms with Gasteiger partial charge in [-0.15, -0.1) is 0 Å². The number of carbonyl (C=O) groups is 1. The van der Waals surface area contributed by atoms with Crippen LogP contribution < -0.4 is 15.5 Å². The highest BCUT2D eigenvalue weighted by Gasteiger charge is 2.13. The molecule has 1 saturated heterocycles. The number of methoxy groups -OCH3 is 1. The summed E-state index contributed by atoms with van der Waals surface area (Å²) in [5, 5.41) is 5.16. The van der Waals surface area contributed by atoms with Gasteiger partial charge in [-0.25, -0.2) is 5.01 Å². The molecule has 0 saturated carbocycles. The number of nitrogens with one attached hydrogen (secondary N) is 2. The Morgan fingerprint density at radius 2 is 2.18 bits per heavy atom. The molecule has 2 N–H and O–H groups in total. The van der Waals surface area contributed by atoms with Gasteiger partial charge in [0.15, 0.2) is 0 Å². The number of piperazine rings is 1. The smallest absolute Gasteiger partial charge is 0.265 e. The number of hydrogen-bond acceptors (Lipinski definition) is 4. The number of hydrazine groups is 1. The summed E-state index contributed by atoms with van der Waals surface area (Å²) in [5.74, 6) is 0.601. The maximum atomic E-state index is 12.0. The minimum absolute atomic E-state index is 0.0919. The van der Waals surface area contributed by atoms with Crippen LogP contribution in [-0.2, 0) is 0 Å². The predicted molar refractivity (Wildman–Crippen MR) is 64.9 cm³/mol. The fourth-order valence-electron chi connectivity index (χ4n) is 1.75. The van der Waals surface area contributed by atoms with Crippen LogP contribution in [0.5, 0.6) is 5.75 Å². The Kier molecular flexibility index (Phi) is 3.95. The van der Waals surface area contributed by atoms with Crippen molar-refractivity contribution >= 4 is 5.91 Å². The lowest BCUT2D eigenvalue weighted by atomic mass is 10.2. The molecule has 5 nitrogen and oxygen atoms in total. The summed E-state index contributed by atoms with van der Waals surface area (Å²) in [6.45, 7) is 3.46. The van der Waals surface area contributed by atoms with Gasteiger partial charge < -0.3 is 10.1 Å². The standard InChI is InChI=1S/C12H17N3O2/c1-17-11-4-2-3-10(9-11)12(16)14-15-7-5-13-6-8-15/h2-4,9,13H,5-8H2,1H3,(H,14,16). The van der Waals surface area contributed by atoms with Crippen LogP contribution in [-0.4, -0.2) is 44.2 Å². The molecule has 0 unspecified atom stereocenters. The van der Waals surface area contributed by atoms with Gasteiger partial charge in [-0.3, -0.25) is 10.2 Å². The minimum Gasteiger partial charge on any atom is -0.497 e. The van der Waals surface area contributed by atoms with Gasteiger partial charge in [-0.05, 0) is 18.2 Å². The van der Waals surface area contributed by atoms with Crippen LogP contribution in [0.2, 0.25) is 0 Å². The summed E-state index contributed by atoms with van der Waals surface area (Å²) in [4.78, 5) is 12.0. The molecule has 17 heavy (non-hydrogen) atoms. The van der Waals surface area contributed by atoms with Crippen LogP contribution in [0.3, 0.4) is 0 Å². The van der Waals surface area contributed by atoms with Crippen LogP contribution in [0.4, 0.5) is 0 Å². The first-order valence-electron chi connectivity index (χ1n) is 5.70. The zero-order valence-electron chi connectivity index (χ0n) is 9.90. The number of nitrogens with zero attached hydrogens (tertiary/aromatic N) is 1. The van der Waals surface area contributed by atoms with E-state index in [1.807, 2.05) is 17.1 Å². The van der Waals surface area contributed by atoms with E-state index in [9.17, 15) is 4.79 Å². The maximum absolute atomic E-state index is 12.0. The highest BCUT2D eigenvalue weighted by atomic mass is 16.5. The van der Waals surface area contributed by atoms with Gasteiger partial charge in [0, 0.05) is 31.7 Å². The molecule has 1 heterocycles. The molecule has 0 aromatic heterocycles.